The maximum absolute atomic E-state index is 12.0. The number of hydrogen-bond acceptors (Lipinski definition) is 2. The van der Waals surface area contributed by atoms with Gasteiger partial charge in [0.2, 0.25) is 5.91 Å². The molecule has 1 amide bonds. The molecule has 1 fully saturated rings. The SMILES string of the molecule is CCC1NC(C)N(CC(C)(C)CC)C1=O. The highest BCUT2D eigenvalue weighted by atomic mass is 16.2. The molecule has 0 aromatic carbocycles. The maximum Gasteiger partial charge on any atom is 0.241 e. The molecule has 88 valence electrons. The van der Waals surface area contributed by atoms with Crippen molar-refractivity contribution in [2.24, 2.45) is 5.41 Å². The Bertz CT molecular complexity index is 238. The first kappa shape index (κ1) is 12.5. The molecule has 1 heterocycles. The molecule has 0 bridgehead atoms. The molecule has 0 radical (unpaired) electrons. The van der Waals surface area contributed by atoms with Crippen LogP contribution in [-0.4, -0.2) is 29.6 Å². The zero-order chi connectivity index (χ0) is 11.6. The minimum Gasteiger partial charge on any atom is -0.326 e. The van der Waals surface area contributed by atoms with Crippen LogP contribution in [-0.2, 0) is 4.79 Å². The third-order valence-corrected chi connectivity index (χ3v) is 3.45. The van der Waals surface area contributed by atoms with Crippen molar-refractivity contribution in [2.75, 3.05) is 6.54 Å². The van der Waals surface area contributed by atoms with Gasteiger partial charge in [-0.15, -0.1) is 0 Å². The molecule has 1 aliphatic heterocycles. The quantitative estimate of drug-likeness (QED) is 0.773. The summed E-state index contributed by atoms with van der Waals surface area (Å²) < 4.78 is 0. The highest BCUT2D eigenvalue weighted by Gasteiger charge is 2.37. The molecule has 0 spiro atoms. The van der Waals surface area contributed by atoms with E-state index < -0.39 is 0 Å². The van der Waals surface area contributed by atoms with Gasteiger partial charge in [0.05, 0.1) is 12.2 Å². The van der Waals surface area contributed by atoms with Crippen LogP contribution >= 0.6 is 0 Å². The van der Waals surface area contributed by atoms with Crippen molar-refractivity contribution in [3.05, 3.63) is 0 Å². The molecule has 2 unspecified atom stereocenters. The number of carbonyl (C=O) groups excluding carboxylic acids is 1. The van der Waals surface area contributed by atoms with Gasteiger partial charge in [-0.3, -0.25) is 10.1 Å². The van der Waals surface area contributed by atoms with Gasteiger partial charge < -0.3 is 4.90 Å². The molecular formula is C12H24N2O. The summed E-state index contributed by atoms with van der Waals surface area (Å²) in [4.78, 5) is 14.0. The average molecular weight is 212 g/mol. The fourth-order valence-corrected chi connectivity index (χ4v) is 1.92. The average Bonchev–Trinajstić information content (AvgIpc) is 2.45. The maximum atomic E-state index is 12.0. The largest absolute Gasteiger partial charge is 0.326 e. The molecular weight excluding hydrogens is 188 g/mol. The lowest BCUT2D eigenvalue weighted by atomic mass is 9.89. The Morgan fingerprint density at radius 1 is 1.40 bits per heavy atom. The van der Waals surface area contributed by atoms with E-state index in [1.165, 1.54) is 0 Å². The fourth-order valence-electron chi connectivity index (χ4n) is 1.92. The molecule has 1 N–H and O–H groups in total. The van der Waals surface area contributed by atoms with Crippen molar-refractivity contribution in [2.45, 2.75) is 59.7 Å². The van der Waals surface area contributed by atoms with Crippen molar-refractivity contribution >= 4 is 5.91 Å². The van der Waals surface area contributed by atoms with Gasteiger partial charge in [0.25, 0.3) is 0 Å². The van der Waals surface area contributed by atoms with Crippen LogP contribution in [0.1, 0.15) is 47.5 Å². The van der Waals surface area contributed by atoms with Gasteiger partial charge in [0.1, 0.15) is 0 Å². The standard InChI is InChI=1S/C12H24N2O/c1-6-10-11(15)14(9(3)13-10)8-12(4,5)7-2/h9-10,13H,6-8H2,1-5H3. The highest BCUT2D eigenvalue weighted by Crippen LogP contribution is 2.24. The van der Waals surface area contributed by atoms with Crippen LogP contribution in [0.15, 0.2) is 0 Å². The van der Waals surface area contributed by atoms with E-state index in [-0.39, 0.29) is 23.5 Å². The number of rotatable bonds is 4. The summed E-state index contributed by atoms with van der Waals surface area (Å²) in [5, 5.41) is 3.33. The van der Waals surface area contributed by atoms with E-state index in [9.17, 15) is 4.79 Å². The van der Waals surface area contributed by atoms with E-state index in [2.05, 4.69) is 39.9 Å². The second-order valence-electron chi connectivity index (χ2n) is 5.29. The molecule has 1 aliphatic rings. The molecule has 0 saturated carbocycles. The van der Waals surface area contributed by atoms with Gasteiger partial charge in [-0.1, -0.05) is 27.7 Å². The summed E-state index contributed by atoms with van der Waals surface area (Å²) in [6.07, 6.45) is 2.17. The molecule has 2 atom stereocenters. The normalized spacial score (nSPS) is 27.5. The van der Waals surface area contributed by atoms with Crippen LogP contribution in [0.2, 0.25) is 0 Å². The van der Waals surface area contributed by atoms with E-state index in [0.717, 1.165) is 19.4 Å². The molecule has 1 rings (SSSR count). The van der Waals surface area contributed by atoms with Crippen molar-refractivity contribution in [1.82, 2.24) is 10.2 Å². The number of nitrogens with one attached hydrogen (secondary N) is 1. The number of carbonyl (C=O) groups is 1. The summed E-state index contributed by atoms with van der Waals surface area (Å²) in [6, 6.07) is 0.0349. The lowest BCUT2D eigenvalue weighted by molar-refractivity contribution is -0.131. The Labute approximate surface area is 93.2 Å². The number of hydrogen-bond donors (Lipinski definition) is 1. The van der Waals surface area contributed by atoms with Crippen LogP contribution in [0.3, 0.4) is 0 Å². The van der Waals surface area contributed by atoms with E-state index in [0.29, 0.717) is 0 Å². The Morgan fingerprint density at radius 2 is 2.00 bits per heavy atom. The molecule has 0 aliphatic carbocycles. The minimum absolute atomic E-state index is 0.0349. The Balaban J connectivity index is 2.66. The summed E-state index contributed by atoms with van der Waals surface area (Å²) in [7, 11) is 0. The van der Waals surface area contributed by atoms with Gasteiger partial charge in [-0.25, -0.2) is 0 Å². The van der Waals surface area contributed by atoms with Gasteiger partial charge in [0, 0.05) is 6.54 Å². The third-order valence-electron chi connectivity index (χ3n) is 3.45. The van der Waals surface area contributed by atoms with Gasteiger partial charge in [0.15, 0.2) is 0 Å². The molecule has 3 nitrogen and oxygen atoms in total. The van der Waals surface area contributed by atoms with Crippen molar-refractivity contribution in [3.8, 4) is 0 Å². The highest BCUT2D eigenvalue weighted by molar-refractivity contribution is 5.84. The molecule has 1 saturated heterocycles. The smallest absolute Gasteiger partial charge is 0.241 e. The third kappa shape index (κ3) is 2.71. The second kappa shape index (κ2) is 4.52. The van der Waals surface area contributed by atoms with E-state index in [4.69, 9.17) is 0 Å². The molecule has 0 aromatic heterocycles. The van der Waals surface area contributed by atoms with Crippen molar-refractivity contribution in [3.63, 3.8) is 0 Å². The van der Waals surface area contributed by atoms with Gasteiger partial charge >= 0.3 is 0 Å². The summed E-state index contributed by atoms with van der Waals surface area (Å²) in [5.41, 5.74) is 0.216. The first-order valence-corrected chi connectivity index (χ1v) is 5.98. The van der Waals surface area contributed by atoms with Crippen molar-refractivity contribution < 1.29 is 4.79 Å². The van der Waals surface area contributed by atoms with Crippen LogP contribution in [0, 0.1) is 5.41 Å². The summed E-state index contributed by atoms with van der Waals surface area (Å²) >= 11 is 0. The molecule has 15 heavy (non-hydrogen) atoms. The van der Waals surface area contributed by atoms with Crippen LogP contribution in [0.4, 0.5) is 0 Å². The lowest BCUT2D eigenvalue weighted by Gasteiger charge is -2.31. The zero-order valence-electron chi connectivity index (χ0n) is 10.6. The molecule has 0 aromatic rings. The van der Waals surface area contributed by atoms with Crippen LogP contribution in [0.5, 0.6) is 0 Å². The second-order valence-corrected chi connectivity index (χ2v) is 5.29. The summed E-state index contributed by atoms with van der Waals surface area (Å²) in [6.45, 7) is 11.6. The lowest BCUT2D eigenvalue weighted by Crippen LogP contribution is -2.41. The topological polar surface area (TPSA) is 32.3 Å². The zero-order valence-corrected chi connectivity index (χ0v) is 10.6. The number of amides is 1. The number of nitrogens with zero attached hydrogens (tertiary/aromatic N) is 1. The Morgan fingerprint density at radius 3 is 2.40 bits per heavy atom. The monoisotopic (exact) mass is 212 g/mol. The predicted octanol–water partition coefficient (Wildman–Crippen LogP) is 1.98. The Kier molecular flexibility index (Phi) is 3.77. The Hall–Kier alpha value is -0.570. The van der Waals surface area contributed by atoms with E-state index in [1.54, 1.807) is 0 Å². The first-order chi connectivity index (χ1) is 6.91. The van der Waals surface area contributed by atoms with Gasteiger partial charge in [-0.2, -0.15) is 0 Å². The first-order valence-electron chi connectivity index (χ1n) is 5.98. The van der Waals surface area contributed by atoms with Crippen LogP contribution in [0.25, 0.3) is 0 Å². The van der Waals surface area contributed by atoms with E-state index >= 15 is 0 Å². The van der Waals surface area contributed by atoms with Crippen molar-refractivity contribution in [1.29, 1.82) is 0 Å². The molecule has 3 heteroatoms. The summed E-state index contributed by atoms with van der Waals surface area (Å²) in [5.74, 6) is 0.270. The predicted molar refractivity (Wildman–Crippen MR) is 62.5 cm³/mol. The van der Waals surface area contributed by atoms with E-state index in [1.807, 2.05) is 4.90 Å². The van der Waals surface area contributed by atoms with Crippen LogP contribution < -0.4 is 5.32 Å². The minimum atomic E-state index is 0.0349. The van der Waals surface area contributed by atoms with Gasteiger partial charge in [-0.05, 0) is 25.2 Å². The fraction of sp³-hybridized carbons (Fsp3) is 0.917.